The summed E-state index contributed by atoms with van der Waals surface area (Å²) in [6.07, 6.45) is 1.60. The van der Waals surface area contributed by atoms with Gasteiger partial charge in [-0.2, -0.15) is 0 Å². The Kier molecular flexibility index (Phi) is 2.86. The number of rotatable bonds is 3. The number of H-pyrrole nitrogens is 1. The van der Waals surface area contributed by atoms with Crippen molar-refractivity contribution in [3.05, 3.63) is 42.2 Å². The number of hydrogen-bond donors (Lipinski definition) is 1. The second-order valence-electron chi connectivity index (χ2n) is 4.03. The summed E-state index contributed by atoms with van der Waals surface area (Å²) in [5.74, 6) is 0.823. The normalized spacial score (nSPS) is 10.7. The van der Waals surface area contributed by atoms with E-state index in [0.717, 1.165) is 11.4 Å². The summed E-state index contributed by atoms with van der Waals surface area (Å²) in [6.45, 7) is 3.76. The van der Waals surface area contributed by atoms with E-state index < -0.39 is 0 Å². The molecule has 0 aliphatic heterocycles. The van der Waals surface area contributed by atoms with Crippen LogP contribution in [0.4, 0.5) is 0 Å². The highest BCUT2D eigenvalue weighted by Crippen LogP contribution is 2.16. The minimum absolute atomic E-state index is 0.0101. The second-order valence-corrected chi connectivity index (χ2v) is 4.03. The molecule has 2 aromatic rings. The zero-order valence-corrected chi connectivity index (χ0v) is 9.40. The van der Waals surface area contributed by atoms with Crippen LogP contribution in [0, 0.1) is 5.92 Å². The van der Waals surface area contributed by atoms with Gasteiger partial charge in [0, 0.05) is 11.5 Å². The van der Waals surface area contributed by atoms with Crippen molar-refractivity contribution in [3.63, 3.8) is 0 Å². The van der Waals surface area contributed by atoms with Crippen molar-refractivity contribution in [2.45, 2.75) is 13.8 Å². The van der Waals surface area contributed by atoms with Crippen LogP contribution in [0.25, 0.3) is 11.4 Å². The first-order chi connectivity index (χ1) is 7.68. The molecule has 0 saturated carbocycles. The molecule has 2 rings (SSSR count). The Morgan fingerprint density at radius 3 is 2.56 bits per heavy atom. The molecular formula is C13H14N2O. The van der Waals surface area contributed by atoms with Crippen LogP contribution in [0.2, 0.25) is 0 Å². The van der Waals surface area contributed by atoms with Gasteiger partial charge in [-0.25, -0.2) is 4.98 Å². The van der Waals surface area contributed by atoms with Crippen LogP contribution in [0.15, 0.2) is 36.5 Å². The van der Waals surface area contributed by atoms with E-state index in [9.17, 15) is 4.79 Å². The highest BCUT2D eigenvalue weighted by molar-refractivity contribution is 5.95. The van der Waals surface area contributed by atoms with Gasteiger partial charge in [-0.05, 0) is 0 Å². The number of benzene rings is 1. The van der Waals surface area contributed by atoms with E-state index in [1.807, 2.05) is 44.2 Å². The molecule has 0 atom stereocenters. The third kappa shape index (κ3) is 2.03. The predicted molar refractivity (Wildman–Crippen MR) is 63.2 cm³/mol. The Hall–Kier alpha value is -1.90. The van der Waals surface area contributed by atoms with Gasteiger partial charge >= 0.3 is 0 Å². The topological polar surface area (TPSA) is 45.8 Å². The van der Waals surface area contributed by atoms with Crippen LogP contribution in [0.1, 0.15) is 24.3 Å². The van der Waals surface area contributed by atoms with E-state index in [-0.39, 0.29) is 11.7 Å². The number of carbonyl (C=O) groups excluding carboxylic acids is 1. The average Bonchev–Trinajstić information content (AvgIpc) is 2.78. The third-order valence-electron chi connectivity index (χ3n) is 2.41. The van der Waals surface area contributed by atoms with Gasteiger partial charge in [0.25, 0.3) is 0 Å². The minimum Gasteiger partial charge on any atom is -0.336 e. The first-order valence-corrected chi connectivity index (χ1v) is 5.33. The summed E-state index contributed by atoms with van der Waals surface area (Å²) in [6, 6.07) is 9.77. The van der Waals surface area contributed by atoms with Crippen molar-refractivity contribution in [2.75, 3.05) is 0 Å². The van der Waals surface area contributed by atoms with Crippen molar-refractivity contribution in [1.29, 1.82) is 0 Å². The summed E-state index contributed by atoms with van der Waals surface area (Å²) in [7, 11) is 0. The molecule has 0 aliphatic rings. The molecule has 16 heavy (non-hydrogen) atoms. The second kappa shape index (κ2) is 4.31. The number of imidazole rings is 1. The van der Waals surface area contributed by atoms with Crippen molar-refractivity contribution >= 4 is 5.78 Å². The van der Waals surface area contributed by atoms with Crippen LogP contribution in [-0.4, -0.2) is 15.8 Å². The Morgan fingerprint density at radius 2 is 1.94 bits per heavy atom. The van der Waals surface area contributed by atoms with Crippen LogP contribution >= 0.6 is 0 Å². The number of Topliss-reactive ketones (excluding diaryl/α,β-unsaturated/α-hetero) is 1. The molecule has 0 fully saturated rings. The summed E-state index contributed by atoms with van der Waals surface area (Å²) >= 11 is 0. The standard InChI is InChI=1S/C13H14N2O/c1-9(2)12(16)11-8-14-13(15-11)10-6-4-3-5-7-10/h3-9H,1-2H3,(H,14,15). The van der Waals surface area contributed by atoms with Gasteiger partial charge in [0.2, 0.25) is 0 Å². The van der Waals surface area contributed by atoms with E-state index in [1.165, 1.54) is 0 Å². The molecule has 0 unspecified atom stereocenters. The number of carbonyl (C=O) groups is 1. The summed E-state index contributed by atoms with van der Waals surface area (Å²) in [4.78, 5) is 19.0. The van der Waals surface area contributed by atoms with Crippen LogP contribution in [0.5, 0.6) is 0 Å². The fourth-order valence-electron chi connectivity index (χ4n) is 1.50. The van der Waals surface area contributed by atoms with Crippen molar-refractivity contribution in [1.82, 2.24) is 9.97 Å². The number of nitrogens with one attached hydrogen (secondary N) is 1. The summed E-state index contributed by atoms with van der Waals surface area (Å²) in [5.41, 5.74) is 1.57. The molecule has 0 saturated heterocycles. The lowest BCUT2D eigenvalue weighted by molar-refractivity contribution is 0.0935. The quantitative estimate of drug-likeness (QED) is 0.798. The molecule has 0 amide bonds. The smallest absolute Gasteiger partial charge is 0.183 e. The minimum atomic E-state index is -0.0101. The number of hydrogen-bond acceptors (Lipinski definition) is 2. The SMILES string of the molecule is CC(C)C(=O)c1cnc(-c2ccccc2)[nH]1. The predicted octanol–water partition coefficient (Wildman–Crippen LogP) is 2.92. The fourth-order valence-corrected chi connectivity index (χ4v) is 1.50. The Labute approximate surface area is 94.5 Å². The molecule has 0 radical (unpaired) electrons. The van der Waals surface area contributed by atoms with Crippen LogP contribution in [-0.2, 0) is 0 Å². The van der Waals surface area contributed by atoms with Crippen LogP contribution < -0.4 is 0 Å². The number of aromatic amines is 1. The van der Waals surface area contributed by atoms with E-state index in [0.29, 0.717) is 5.69 Å². The number of aromatic nitrogens is 2. The van der Waals surface area contributed by atoms with E-state index >= 15 is 0 Å². The molecule has 82 valence electrons. The average molecular weight is 214 g/mol. The maximum atomic E-state index is 11.7. The lowest BCUT2D eigenvalue weighted by atomic mass is 10.1. The highest BCUT2D eigenvalue weighted by Gasteiger charge is 2.13. The van der Waals surface area contributed by atoms with Gasteiger partial charge in [-0.15, -0.1) is 0 Å². The highest BCUT2D eigenvalue weighted by atomic mass is 16.1. The lowest BCUT2D eigenvalue weighted by Crippen LogP contribution is -2.07. The largest absolute Gasteiger partial charge is 0.336 e. The summed E-state index contributed by atoms with van der Waals surface area (Å²) in [5, 5.41) is 0. The van der Waals surface area contributed by atoms with Crippen molar-refractivity contribution < 1.29 is 4.79 Å². The Morgan fingerprint density at radius 1 is 1.25 bits per heavy atom. The Bertz CT molecular complexity index is 486. The maximum Gasteiger partial charge on any atom is 0.183 e. The van der Waals surface area contributed by atoms with Gasteiger partial charge in [-0.1, -0.05) is 44.2 Å². The van der Waals surface area contributed by atoms with Crippen molar-refractivity contribution in [3.8, 4) is 11.4 Å². The first kappa shape index (κ1) is 10.6. The molecule has 3 nitrogen and oxygen atoms in total. The molecule has 0 spiro atoms. The van der Waals surface area contributed by atoms with Gasteiger partial charge in [-0.3, -0.25) is 4.79 Å². The zero-order valence-electron chi connectivity index (χ0n) is 9.40. The molecule has 0 aliphatic carbocycles. The van der Waals surface area contributed by atoms with Gasteiger partial charge in [0.05, 0.1) is 6.20 Å². The number of ketones is 1. The molecule has 3 heteroatoms. The first-order valence-electron chi connectivity index (χ1n) is 5.33. The molecule has 1 aromatic carbocycles. The molecule has 0 bridgehead atoms. The van der Waals surface area contributed by atoms with Gasteiger partial charge in [0.15, 0.2) is 5.78 Å². The lowest BCUT2D eigenvalue weighted by Gasteiger charge is -1.99. The maximum absolute atomic E-state index is 11.7. The van der Waals surface area contributed by atoms with E-state index in [1.54, 1.807) is 6.20 Å². The monoisotopic (exact) mass is 214 g/mol. The van der Waals surface area contributed by atoms with E-state index in [4.69, 9.17) is 0 Å². The van der Waals surface area contributed by atoms with Crippen LogP contribution in [0.3, 0.4) is 0 Å². The van der Waals surface area contributed by atoms with E-state index in [2.05, 4.69) is 9.97 Å². The third-order valence-corrected chi connectivity index (χ3v) is 2.41. The molecule has 1 heterocycles. The fraction of sp³-hybridized carbons (Fsp3) is 0.231. The molecule has 1 N–H and O–H groups in total. The zero-order chi connectivity index (χ0) is 11.5. The van der Waals surface area contributed by atoms with Gasteiger partial charge in [0.1, 0.15) is 11.5 Å². The molecule has 1 aromatic heterocycles. The molecular weight excluding hydrogens is 200 g/mol. The van der Waals surface area contributed by atoms with Crippen molar-refractivity contribution in [2.24, 2.45) is 5.92 Å². The Balaban J connectivity index is 2.30. The number of nitrogens with zero attached hydrogens (tertiary/aromatic N) is 1. The summed E-state index contributed by atoms with van der Waals surface area (Å²) < 4.78 is 0. The van der Waals surface area contributed by atoms with Gasteiger partial charge < -0.3 is 4.98 Å².